The molecule has 0 amide bonds. The number of hydrogen-bond acceptors (Lipinski definition) is 7. The van der Waals surface area contributed by atoms with E-state index >= 15 is 0 Å². The maximum Gasteiger partial charge on any atom is 0.247 e. The third kappa shape index (κ3) is 13.4. The third-order valence-corrected chi connectivity index (χ3v) is 12.0. The summed E-state index contributed by atoms with van der Waals surface area (Å²) in [5.74, 6) is 3.43. The van der Waals surface area contributed by atoms with Gasteiger partial charge in [-0.1, -0.05) is 89.9 Å². The lowest BCUT2D eigenvalue weighted by Gasteiger charge is -2.42. The Labute approximate surface area is 288 Å². The minimum Gasteiger partial charge on any atom is -0.367 e. The van der Waals surface area contributed by atoms with Crippen molar-refractivity contribution in [1.82, 2.24) is 5.32 Å². The summed E-state index contributed by atoms with van der Waals surface area (Å²) in [6.07, 6.45) is 29.2. The average molecular weight is 661 g/mol. The van der Waals surface area contributed by atoms with Crippen molar-refractivity contribution in [3.8, 4) is 0 Å². The van der Waals surface area contributed by atoms with E-state index in [-0.39, 0.29) is 0 Å². The fourth-order valence-electron chi connectivity index (χ4n) is 9.64. The molecular weight excluding hydrogens is 586 g/mol. The summed E-state index contributed by atoms with van der Waals surface area (Å²) < 4.78 is 20.3. The Morgan fingerprint density at radius 3 is 1.91 bits per heavy atom. The number of nitrogens with one attached hydrogen (secondary N) is 1. The largest absolute Gasteiger partial charge is 0.367 e. The van der Waals surface area contributed by atoms with Crippen molar-refractivity contribution in [3.05, 3.63) is 0 Å². The van der Waals surface area contributed by atoms with Crippen LogP contribution in [0.5, 0.6) is 0 Å². The second-order valence-corrected chi connectivity index (χ2v) is 15.3. The predicted molar refractivity (Wildman–Crippen MR) is 195 cm³/mol. The molecule has 8 heteroatoms. The normalized spacial score (nSPS) is 23.5. The standard InChI is InChI=1S/C39H74N5O3/c1-44(31-47-27-24-40)39(35-21-12-5-13-22-35)38(34-19-10-4-11-20-34)42-25-28-46-30-43-37(33-17-8-3-9-18-33)36(23-14-26-45-29-41)32-15-6-2-7-16-32/h32-37,43H,2-31,40-41H2,1H3/q+1/b42-38?,44-39-. The van der Waals surface area contributed by atoms with Gasteiger partial charge in [-0.3, -0.25) is 10.3 Å². The summed E-state index contributed by atoms with van der Waals surface area (Å²) in [5, 5.41) is 4.02. The van der Waals surface area contributed by atoms with Crippen molar-refractivity contribution < 1.29 is 18.8 Å². The van der Waals surface area contributed by atoms with Crippen molar-refractivity contribution in [2.24, 2.45) is 46.0 Å². The minimum absolute atomic E-state index is 0.329. The van der Waals surface area contributed by atoms with Crippen LogP contribution in [0.2, 0.25) is 0 Å². The molecule has 0 saturated heterocycles. The first-order chi connectivity index (χ1) is 23.2. The quantitative estimate of drug-likeness (QED) is 0.0529. The van der Waals surface area contributed by atoms with Crippen LogP contribution >= 0.6 is 0 Å². The van der Waals surface area contributed by atoms with Crippen molar-refractivity contribution in [2.45, 2.75) is 147 Å². The SMILES string of the molecule is C/[N+](COCCN)=C(/C(=NCCOCNC(C1CCCCC1)C(CCCOCN)C1CCCCC1)C1CCCCC1)C1CCCCC1. The molecule has 0 radical (unpaired) electrons. The van der Waals surface area contributed by atoms with Crippen molar-refractivity contribution in [1.29, 1.82) is 0 Å². The van der Waals surface area contributed by atoms with Crippen LogP contribution < -0.4 is 16.8 Å². The highest BCUT2D eigenvalue weighted by Gasteiger charge is 2.36. The van der Waals surface area contributed by atoms with Gasteiger partial charge in [0.15, 0.2) is 0 Å². The Balaban J connectivity index is 1.42. The molecule has 47 heavy (non-hydrogen) atoms. The number of rotatable bonds is 21. The van der Waals surface area contributed by atoms with Gasteiger partial charge in [0.05, 0.1) is 33.2 Å². The molecule has 4 fully saturated rings. The molecule has 0 aromatic carbocycles. The van der Waals surface area contributed by atoms with Crippen LogP contribution in [0.25, 0.3) is 0 Å². The topological polar surface area (TPSA) is 107 Å². The van der Waals surface area contributed by atoms with Gasteiger partial charge < -0.3 is 25.7 Å². The summed E-state index contributed by atoms with van der Waals surface area (Å²) >= 11 is 0. The third-order valence-electron chi connectivity index (χ3n) is 12.0. The molecule has 4 rings (SSSR count). The zero-order chi connectivity index (χ0) is 32.9. The molecule has 0 heterocycles. The number of nitrogens with zero attached hydrogens (tertiary/aromatic N) is 2. The second kappa shape index (κ2) is 23.5. The van der Waals surface area contributed by atoms with E-state index in [1.54, 1.807) is 0 Å². The molecular formula is C39H74N5O3+. The smallest absolute Gasteiger partial charge is 0.247 e. The number of nitrogens with two attached hydrogens (primary N) is 2. The van der Waals surface area contributed by atoms with Gasteiger partial charge in [-0.25, -0.2) is 4.58 Å². The first-order valence-corrected chi connectivity index (χ1v) is 20.2. The first-order valence-electron chi connectivity index (χ1n) is 20.2. The molecule has 2 atom stereocenters. The highest BCUT2D eigenvalue weighted by Crippen LogP contribution is 2.40. The molecule has 4 saturated carbocycles. The Bertz CT molecular complexity index is 874. The van der Waals surface area contributed by atoms with Gasteiger partial charge in [0.2, 0.25) is 12.4 Å². The summed E-state index contributed by atoms with van der Waals surface area (Å²) in [6.45, 7) is 4.90. The van der Waals surface area contributed by atoms with Crippen LogP contribution in [0.1, 0.15) is 141 Å². The first kappa shape index (κ1) is 38.9. The van der Waals surface area contributed by atoms with Crippen molar-refractivity contribution in [3.63, 3.8) is 0 Å². The Morgan fingerprint density at radius 1 is 0.702 bits per heavy atom. The van der Waals surface area contributed by atoms with E-state index in [2.05, 4.69) is 16.9 Å². The van der Waals surface area contributed by atoms with Gasteiger partial charge in [0, 0.05) is 31.0 Å². The van der Waals surface area contributed by atoms with Crippen LogP contribution in [0.3, 0.4) is 0 Å². The molecule has 4 aliphatic carbocycles. The molecule has 8 nitrogen and oxygen atoms in total. The number of hydrogen-bond donors (Lipinski definition) is 3. The molecule has 0 bridgehead atoms. The van der Waals surface area contributed by atoms with Crippen LogP contribution in [-0.2, 0) is 14.2 Å². The lowest BCUT2D eigenvalue weighted by molar-refractivity contribution is -0.542. The predicted octanol–water partition coefficient (Wildman–Crippen LogP) is 7.03. The fourth-order valence-corrected chi connectivity index (χ4v) is 9.64. The van der Waals surface area contributed by atoms with Crippen molar-refractivity contribution in [2.75, 3.05) is 60.2 Å². The fraction of sp³-hybridized carbons (Fsp3) is 0.949. The van der Waals surface area contributed by atoms with E-state index < -0.39 is 0 Å². The number of ether oxygens (including phenoxy) is 3. The van der Waals surface area contributed by atoms with Gasteiger partial charge in [-0.15, -0.1) is 0 Å². The summed E-state index contributed by atoms with van der Waals surface area (Å²) in [4.78, 5) is 5.43. The molecule has 2 unspecified atom stereocenters. The summed E-state index contributed by atoms with van der Waals surface area (Å²) in [7, 11) is 2.22. The van der Waals surface area contributed by atoms with Crippen LogP contribution in [-0.4, -0.2) is 82.2 Å². The zero-order valence-electron chi connectivity index (χ0n) is 30.5. The van der Waals surface area contributed by atoms with E-state index in [0.29, 0.717) is 63.7 Å². The molecule has 272 valence electrons. The van der Waals surface area contributed by atoms with Gasteiger partial charge in [-0.2, -0.15) is 0 Å². The van der Waals surface area contributed by atoms with Gasteiger partial charge in [0.1, 0.15) is 12.8 Å². The van der Waals surface area contributed by atoms with E-state index in [9.17, 15) is 0 Å². The molecule has 0 aliphatic heterocycles. The summed E-state index contributed by atoms with van der Waals surface area (Å²) in [5.41, 5.74) is 14.2. The molecule has 0 spiro atoms. The van der Waals surface area contributed by atoms with E-state index in [1.165, 1.54) is 146 Å². The molecule has 4 aliphatic rings. The number of aliphatic imine (C=N–C) groups is 1. The van der Waals surface area contributed by atoms with Gasteiger partial charge in [-0.05, 0) is 69.1 Å². The lowest BCUT2D eigenvalue weighted by Crippen LogP contribution is -2.47. The Kier molecular flexibility index (Phi) is 19.4. The van der Waals surface area contributed by atoms with Crippen LogP contribution in [0.4, 0.5) is 0 Å². The highest BCUT2D eigenvalue weighted by atomic mass is 16.5. The monoisotopic (exact) mass is 661 g/mol. The van der Waals surface area contributed by atoms with Crippen LogP contribution in [0.15, 0.2) is 4.99 Å². The van der Waals surface area contributed by atoms with Gasteiger partial charge in [0.25, 0.3) is 0 Å². The van der Waals surface area contributed by atoms with E-state index in [4.69, 9.17) is 30.7 Å². The van der Waals surface area contributed by atoms with Crippen molar-refractivity contribution >= 4 is 11.4 Å². The van der Waals surface area contributed by atoms with E-state index in [0.717, 1.165) is 31.4 Å². The van der Waals surface area contributed by atoms with Crippen LogP contribution in [0, 0.1) is 29.6 Å². The zero-order valence-corrected chi connectivity index (χ0v) is 30.5. The maximum atomic E-state index is 6.42. The molecule has 0 aromatic heterocycles. The maximum absolute atomic E-state index is 6.42. The Morgan fingerprint density at radius 2 is 1.30 bits per heavy atom. The second-order valence-electron chi connectivity index (χ2n) is 15.3. The molecule has 0 aromatic rings. The minimum atomic E-state index is 0.329. The average Bonchev–Trinajstić information content (AvgIpc) is 3.13. The van der Waals surface area contributed by atoms with E-state index in [1.807, 2.05) is 0 Å². The summed E-state index contributed by atoms with van der Waals surface area (Å²) in [6, 6.07) is 0.533. The highest BCUT2D eigenvalue weighted by molar-refractivity contribution is 6.41. The Hall–Kier alpha value is -0.900. The lowest BCUT2D eigenvalue weighted by atomic mass is 9.69. The molecule has 5 N–H and O–H groups in total. The van der Waals surface area contributed by atoms with Gasteiger partial charge >= 0.3 is 0 Å².